The van der Waals surface area contributed by atoms with E-state index in [0.717, 1.165) is 16.1 Å². The first-order chi connectivity index (χ1) is 12.1. The zero-order valence-corrected chi connectivity index (χ0v) is 17.0. The molecule has 0 bridgehead atoms. The molecule has 1 atom stereocenters. The van der Waals surface area contributed by atoms with Crippen molar-refractivity contribution < 1.29 is 13.2 Å². The second-order valence-corrected chi connectivity index (χ2v) is 8.56. The van der Waals surface area contributed by atoms with Crippen LogP contribution in [0, 0.1) is 6.92 Å². The Balaban J connectivity index is 2.43. The number of nitrogens with zero attached hydrogens (tertiary/aromatic N) is 1. The molecule has 2 aromatic rings. The van der Waals surface area contributed by atoms with Crippen LogP contribution in [0.3, 0.4) is 0 Å². The molecular weight excluding hydrogens is 395 g/mol. The fraction of sp³-hybridized carbons (Fsp3) is 0.278. The Morgan fingerprint density at radius 1 is 1.15 bits per heavy atom. The Kier molecular flexibility index (Phi) is 6.55. The van der Waals surface area contributed by atoms with Gasteiger partial charge in [-0.1, -0.05) is 48.3 Å². The van der Waals surface area contributed by atoms with E-state index in [1.54, 1.807) is 49.4 Å². The number of halogens is 2. The average molecular weight is 415 g/mol. The van der Waals surface area contributed by atoms with Crippen molar-refractivity contribution in [2.75, 3.05) is 15.9 Å². The summed E-state index contributed by atoms with van der Waals surface area (Å²) in [7, 11) is -3.73. The average Bonchev–Trinajstić information content (AvgIpc) is 2.56. The van der Waals surface area contributed by atoms with E-state index in [2.05, 4.69) is 5.32 Å². The highest BCUT2D eigenvalue weighted by atomic mass is 35.5. The van der Waals surface area contributed by atoms with Crippen LogP contribution in [-0.4, -0.2) is 26.6 Å². The lowest BCUT2D eigenvalue weighted by Gasteiger charge is -2.30. The Labute approximate surface area is 164 Å². The second-order valence-electron chi connectivity index (χ2n) is 5.89. The molecule has 5 nitrogen and oxygen atoms in total. The van der Waals surface area contributed by atoms with Crippen molar-refractivity contribution in [1.29, 1.82) is 0 Å². The van der Waals surface area contributed by atoms with E-state index in [-0.39, 0.29) is 6.42 Å². The maximum Gasteiger partial charge on any atom is 0.248 e. The Bertz CT molecular complexity index is 916. The molecule has 0 aliphatic heterocycles. The van der Waals surface area contributed by atoms with Crippen LogP contribution in [0.4, 0.5) is 11.4 Å². The van der Waals surface area contributed by atoms with Gasteiger partial charge in [0, 0.05) is 5.02 Å². The molecule has 0 radical (unpaired) electrons. The summed E-state index contributed by atoms with van der Waals surface area (Å²) in [6, 6.07) is 10.7. The van der Waals surface area contributed by atoms with Crippen LogP contribution < -0.4 is 9.62 Å². The van der Waals surface area contributed by atoms with Gasteiger partial charge in [-0.25, -0.2) is 8.42 Å². The minimum atomic E-state index is -3.73. The van der Waals surface area contributed by atoms with Gasteiger partial charge in [0.05, 0.1) is 22.7 Å². The largest absolute Gasteiger partial charge is 0.323 e. The summed E-state index contributed by atoms with van der Waals surface area (Å²) in [4.78, 5) is 12.8. The number of rotatable bonds is 6. The molecule has 0 aromatic heterocycles. The molecule has 0 saturated carbocycles. The Morgan fingerprint density at radius 3 is 2.35 bits per heavy atom. The molecular formula is C18H20Cl2N2O3S. The summed E-state index contributed by atoms with van der Waals surface area (Å²) in [5.74, 6) is -0.470. The van der Waals surface area contributed by atoms with E-state index >= 15 is 0 Å². The first-order valence-corrected chi connectivity index (χ1v) is 10.6. The normalized spacial score (nSPS) is 12.5. The number of benzene rings is 2. The molecule has 2 aromatic carbocycles. The summed E-state index contributed by atoms with van der Waals surface area (Å²) >= 11 is 12.2. The molecule has 0 aliphatic carbocycles. The fourth-order valence-corrected chi connectivity index (χ4v) is 4.12. The molecule has 1 N–H and O–H groups in total. The second kappa shape index (κ2) is 8.29. The highest BCUT2D eigenvalue weighted by Crippen LogP contribution is 2.28. The standard InChI is InChI=1S/C18H20Cl2N2O3S/c1-4-17(18(23)21-16-8-6-5-7-14(16)19)22(26(3,24)25)13-10-9-12(2)15(20)11-13/h5-11,17H,4H2,1-3H3,(H,21,23)/t17-/m0/s1. The molecule has 26 heavy (non-hydrogen) atoms. The van der Waals surface area contributed by atoms with Gasteiger partial charge >= 0.3 is 0 Å². The van der Waals surface area contributed by atoms with Gasteiger partial charge in [0.15, 0.2) is 0 Å². The fourth-order valence-electron chi connectivity index (χ4n) is 2.56. The number of anilines is 2. The third-order valence-electron chi connectivity index (χ3n) is 3.87. The van der Waals surface area contributed by atoms with E-state index in [1.165, 1.54) is 0 Å². The monoisotopic (exact) mass is 414 g/mol. The highest BCUT2D eigenvalue weighted by molar-refractivity contribution is 7.92. The first kappa shape index (κ1) is 20.6. The number of sulfonamides is 1. The third kappa shape index (κ3) is 4.69. The van der Waals surface area contributed by atoms with Crippen LogP contribution in [0.15, 0.2) is 42.5 Å². The maximum atomic E-state index is 12.8. The van der Waals surface area contributed by atoms with Gasteiger partial charge in [0.1, 0.15) is 6.04 Å². The molecule has 2 rings (SSSR count). The highest BCUT2D eigenvalue weighted by Gasteiger charge is 2.32. The molecule has 0 unspecified atom stereocenters. The zero-order chi connectivity index (χ0) is 19.5. The molecule has 8 heteroatoms. The SMILES string of the molecule is CC[C@@H](C(=O)Nc1ccccc1Cl)N(c1ccc(C)c(Cl)c1)S(C)(=O)=O. The van der Waals surface area contributed by atoms with Gasteiger partial charge in [0.25, 0.3) is 0 Å². The molecule has 0 saturated heterocycles. The third-order valence-corrected chi connectivity index (χ3v) is 5.79. The number of para-hydroxylation sites is 1. The van der Waals surface area contributed by atoms with E-state index in [0.29, 0.717) is 21.4 Å². The van der Waals surface area contributed by atoms with Gasteiger partial charge in [0.2, 0.25) is 15.9 Å². The predicted molar refractivity (Wildman–Crippen MR) is 108 cm³/mol. The smallest absolute Gasteiger partial charge is 0.248 e. The maximum absolute atomic E-state index is 12.8. The zero-order valence-electron chi connectivity index (χ0n) is 14.7. The number of aryl methyl sites for hydroxylation is 1. The Hall–Kier alpha value is -1.76. The summed E-state index contributed by atoms with van der Waals surface area (Å²) in [6.07, 6.45) is 1.33. The molecule has 1 amide bonds. The van der Waals surface area contributed by atoms with Crippen molar-refractivity contribution in [1.82, 2.24) is 0 Å². The number of nitrogens with one attached hydrogen (secondary N) is 1. The number of amides is 1. The number of hydrogen-bond acceptors (Lipinski definition) is 3. The minimum absolute atomic E-state index is 0.273. The predicted octanol–water partition coefficient (Wildman–Crippen LogP) is 4.49. The van der Waals surface area contributed by atoms with Crippen molar-refractivity contribution in [3.63, 3.8) is 0 Å². The van der Waals surface area contributed by atoms with Crippen molar-refractivity contribution >= 4 is 50.5 Å². The first-order valence-electron chi connectivity index (χ1n) is 7.96. The van der Waals surface area contributed by atoms with Crippen LogP contribution in [0.5, 0.6) is 0 Å². The minimum Gasteiger partial charge on any atom is -0.323 e. The lowest BCUT2D eigenvalue weighted by Crippen LogP contribution is -2.47. The van der Waals surface area contributed by atoms with Crippen LogP contribution in [0.1, 0.15) is 18.9 Å². The van der Waals surface area contributed by atoms with Gasteiger partial charge < -0.3 is 5.32 Å². The summed E-state index contributed by atoms with van der Waals surface area (Å²) in [6.45, 7) is 3.56. The number of carbonyl (C=O) groups is 1. The van der Waals surface area contributed by atoms with Crippen molar-refractivity contribution in [3.05, 3.63) is 58.1 Å². The van der Waals surface area contributed by atoms with E-state index < -0.39 is 22.0 Å². The van der Waals surface area contributed by atoms with E-state index in [1.807, 2.05) is 6.92 Å². The van der Waals surface area contributed by atoms with Crippen LogP contribution >= 0.6 is 23.2 Å². The van der Waals surface area contributed by atoms with Crippen LogP contribution in [0.25, 0.3) is 0 Å². The van der Waals surface area contributed by atoms with Gasteiger partial charge in [-0.2, -0.15) is 0 Å². The topological polar surface area (TPSA) is 66.5 Å². The summed E-state index contributed by atoms with van der Waals surface area (Å²) < 4.78 is 25.9. The van der Waals surface area contributed by atoms with Gasteiger partial charge in [-0.05, 0) is 43.2 Å². The summed E-state index contributed by atoms with van der Waals surface area (Å²) in [5, 5.41) is 3.50. The van der Waals surface area contributed by atoms with Crippen molar-refractivity contribution in [2.24, 2.45) is 0 Å². The van der Waals surface area contributed by atoms with E-state index in [9.17, 15) is 13.2 Å². The quantitative estimate of drug-likeness (QED) is 0.756. The summed E-state index contributed by atoms with van der Waals surface area (Å²) in [5.41, 5.74) is 1.58. The molecule has 0 heterocycles. The van der Waals surface area contributed by atoms with Gasteiger partial charge in [-0.15, -0.1) is 0 Å². The van der Waals surface area contributed by atoms with Crippen LogP contribution in [-0.2, 0) is 14.8 Å². The lowest BCUT2D eigenvalue weighted by atomic mass is 10.1. The van der Waals surface area contributed by atoms with Crippen molar-refractivity contribution in [2.45, 2.75) is 26.3 Å². The van der Waals surface area contributed by atoms with Crippen molar-refractivity contribution in [3.8, 4) is 0 Å². The van der Waals surface area contributed by atoms with Crippen LogP contribution in [0.2, 0.25) is 10.0 Å². The molecule has 0 spiro atoms. The molecule has 0 aliphatic rings. The molecule has 0 fully saturated rings. The molecule has 140 valence electrons. The van der Waals surface area contributed by atoms with E-state index in [4.69, 9.17) is 23.2 Å². The Morgan fingerprint density at radius 2 is 1.81 bits per heavy atom. The lowest BCUT2D eigenvalue weighted by molar-refractivity contribution is -0.117. The number of hydrogen-bond donors (Lipinski definition) is 1. The van der Waals surface area contributed by atoms with Gasteiger partial charge in [-0.3, -0.25) is 9.10 Å². The number of carbonyl (C=O) groups excluding carboxylic acids is 1.